The van der Waals surface area contributed by atoms with Gasteiger partial charge in [0.05, 0.1) is 0 Å². The summed E-state index contributed by atoms with van der Waals surface area (Å²) in [4.78, 5) is 24.4. The number of carbonyl (C=O) groups excluding carboxylic acids is 1. The third kappa shape index (κ3) is 7.51. The Morgan fingerprint density at radius 2 is 1.50 bits per heavy atom. The molecule has 0 aliphatic heterocycles. The zero-order chi connectivity index (χ0) is 15.5. The maximum Gasteiger partial charge on any atom is 0.326 e. The highest BCUT2D eigenvalue weighted by atomic mass is 16.4. The van der Waals surface area contributed by atoms with Crippen molar-refractivity contribution in [2.24, 2.45) is 0 Å². The highest BCUT2D eigenvalue weighted by Gasteiger charge is 2.28. The molecule has 0 spiro atoms. The fourth-order valence-electron chi connectivity index (χ4n) is 2.62. The van der Waals surface area contributed by atoms with Crippen LogP contribution in [-0.2, 0) is 9.59 Å². The van der Waals surface area contributed by atoms with E-state index in [-0.39, 0.29) is 11.9 Å². The molecule has 1 N–H and O–H groups in total. The molecule has 1 amide bonds. The molecular formula is C16H31NO3. The molecule has 1 unspecified atom stereocenters. The first-order valence-electron chi connectivity index (χ1n) is 7.93. The van der Waals surface area contributed by atoms with Gasteiger partial charge in [-0.3, -0.25) is 4.79 Å². The van der Waals surface area contributed by atoms with Crippen molar-refractivity contribution >= 4 is 11.9 Å². The highest BCUT2D eigenvalue weighted by Crippen LogP contribution is 2.15. The lowest BCUT2D eigenvalue weighted by atomic mass is 10.0. The summed E-state index contributed by atoms with van der Waals surface area (Å²) in [6, 6.07) is -0.749. The molecular weight excluding hydrogens is 254 g/mol. The first kappa shape index (κ1) is 18.9. The van der Waals surface area contributed by atoms with Gasteiger partial charge in [0.1, 0.15) is 6.04 Å². The number of rotatable bonds is 11. The van der Waals surface area contributed by atoms with Crippen LogP contribution in [0.3, 0.4) is 0 Å². The van der Waals surface area contributed by atoms with Crippen LogP contribution in [0.1, 0.15) is 79.1 Å². The molecule has 0 saturated carbocycles. The lowest BCUT2D eigenvalue weighted by Gasteiger charge is -2.31. The summed E-state index contributed by atoms with van der Waals surface area (Å²) in [6.07, 6.45) is 8.66. The third-order valence-corrected chi connectivity index (χ3v) is 3.62. The molecule has 0 aromatic carbocycles. The zero-order valence-electron chi connectivity index (χ0n) is 13.5. The number of carbonyl (C=O) groups is 2. The summed E-state index contributed by atoms with van der Waals surface area (Å²) >= 11 is 0. The van der Waals surface area contributed by atoms with Gasteiger partial charge >= 0.3 is 5.97 Å². The summed E-state index contributed by atoms with van der Waals surface area (Å²) in [7, 11) is 0. The molecule has 118 valence electrons. The van der Waals surface area contributed by atoms with E-state index in [1.165, 1.54) is 37.5 Å². The van der Waals surface area contributed by atoms with E-state index in [9.17, 15) is 14.7 Å². The Labute approximate surface area is 123 Å². The summed E-state index contributed by atoms with van der Waals surface area (Å²) in [5.74, 6) is -1.05. The van der Waals surface area contributed by atoms with Crippen LogP contribution in [-0.4, -0.2) is 34.0 Å². The topological polar surface area (TPSA) is 57.6 Å². The van der Waals surface area contributed by atoms with E-state index in [4.69, 9.17) is 0 Å². The molecule has 0 aromatic heterocycles. The van der Waals surface area contributed by atoms with Crippen molar-refractivity contribution in [3.63, 3.8) is 0 Å². The Bertz CT molecular complexity index is 289. The largest absolute Gasteiger partial charge is 0.480 e. The van der Waals surface area contributed by atoms with Crippen molar-refractivity contribution in [3.05, 3.63) is 0 Å². The molecule has 20 heavy (non-hydrogen) atoms. The van der Waals surface area contributed by atoms with Crippen LogP contribution in [0.2, 0.25) is 0 Å². The van der Waals surface area contributed by atoms with E-state index in [2.05, 4.69) is 6.92 Å². The second-order valence-electron chi connectivity index (χ2n) is 5.78. The van der Waals surface area contributed by atoms with Crippen LogP contribution in [0.25, 0.3) is 0 Å². The SMILES string of the molecule is CCCCCCCCCC(C(=O)O)N(C(C)=O)C(C)C. The standard InChI is InChI=1S/C16H31NO3/c1-5-6-7-8-9-10-11-12-15(16(19)20)17(13(2)3)14(4)18/h13,15H,5-12H2,1-4H3,(H,19,20). The van der Waals surface area contributed by atoms with Gasteiger partial charge in [-0.2, -0.15) is 0 Å². The molecule has 1 atom stereocenters. The second kappa shape index (κ2) is 10.7. The maximum atomic E-state index is 11.6. The molecule has 0 aliphatic carbocycles. The molecule has 4 heteroatoms. The third-order valence-electron chi connectivity index (χ3n) is 3.62. The smallest absolute Gasteiger partial charge is 0.326 e. The summed E-state index contributed by atoms with van der Waals surface area (Å²) < 4.78 is 0. The summed E-state index contributed by atoms with van der Waals surface area (Å²) in [5.41, 5.74) is 0. The van der Waals surface area contributed by atoms with Crippen LogP contribution >= 0.6 is 0 Å². The predicted molar refractivity (Wildman–Crippen MR) is 81.7 cm³/mol. The van der Waals surface area contributed by atoms with Crippen molar-refractivity contribution in [2.45, 2.75) is 91.1 Å². The van der Waals surface area contributed by atoms with Crippen molar-refractivity contribution < 1.29 is 14.7 Å². The Balaban J connectivity index is 4.15. The van der Waals surface area contributed by atoms with Gasteiger partial charge in [-0.05, 0) is 20.3 Å². The first-order chi connectivity index (χ1) is 9.41. The Kier molecular flexibility index (Phi) is 10.1. The van der Waals surface area contributed by atoms with E-state index >= 15 is 0 Å². The lowest BCUT2D eigenvalue weighted by molar-refractivity contribution is -0.151. The highest BCUT2D eigenvalue weighted by molar-refractivity contribution is 5.82. The number of nitrogens with zero attached hydrogens (tertiary/aromatic N) is 1. The first-order valence-corrected chi connectivity index (χ1v) is 7.93. The van der Waals surface area contributed by atoms with Crippen LogP contribution < -0.4 is 0 Å². The fourth-order valence-corrected chi connectivity index (χ4v) is 2.62. The minimum Gasteiger partial charge on any atom is -0.480 e. The van der Waals surface area contributed by atoms with Gasteiger partial charge in [0.15, 0.2) is 0 Å². The quantitative estimate of drug-likeness (QED) is 0.587. The van der Waals surface area contributed by atoms with Crippen molar-refractivity contribution in [3.8, 4) is 0 Å². The molecule has 0 fully saturated rings. The predicted octanol–water partition coefficient (Wildman–Crippen LogP) is 3.84. The van der Waals surface area contributed by atoms with E-state index in [1.54, 1.807) is 0 Å². The van der Waals surface area contributed by atoms with Crippen LogP contribution in [0.15, 0.2) is 0 Å². The number of carboxylic acids is 1. The van der Waals surface area contributed by atoms with Gasteiger partial charge in [-0.1, -0.05) is 51.9 Å². The molecule has 0 heterocycles. The zero-order valence-corrected chi connectivity index (χ0v) is 13.5. The minimum absolute atomic E-state index is 0.0712. The van der Waals surface area contributed by atoms with E-state index in [0.717, 1.165) is 19.3 Å². The molecule has 0 radical (unpaired) electrons. The molecule has 0 saturated heterocycles. The van der Waals surface area contributed by atoms with Gasteiger partial charge in [-0.25, -0.2) is 4.79 Å². The van der Waals surface area contributed by atoms with Gasteiger partial charge < -0.3 is 10.0 Å². The number of amides is 1. The van der Waals surface area contributed by atoms with Gasteiger partial charge in [0, 0.05) is 13.0 Å². The van der Waals surface area contributed by atoms with Crippen LogP contribution in [0.5, 0.6) is 0 Å². The van der Waals surface area contributed by atoms with Crippen molar-refractivity contribution in [2.75, 3.05) is 0 Å². The molecule has 4 nitrogen and oxygen atoms in total. The molecule has 0 aromatic rings. The monoisotopic (exact) mass is 285 g/mol. The number of hydrogen-bond donors (Lipinski definition) is 1. The average molecular weight is 285 g/mol. The van der Waals surface area contributed by atoms with Crippen molar-refractivity contribution in [1.82, 2.24) is 4.90 Å². The maximum absolute atomic E-state index is 11.6. The van der Waals surface area contributed by atoms with E-state index in [0.29, 0.717) is 6.42 Å². The fraction of sp³-hybridized carbons (Fsp3) is 0.875. The summed E-state index contributed by atoms with van der Waals surface area (Å²) in [5, 5.41) is 9.32. The number of carboxylic acid groups (broad SMARTS) is 1. The molecule has 0 aliphatic rings. The number of unbranched alkanes of at least 4 members (excludes halogenated alkanes) is 6. The Hall–Kier alpha value is -1.06. The summed E-state index contributed by atoms with van der Waals surface area (Å²) in [6.45, 7) is 7.37. The lowest BCUT2D eigenvalue weighted by Crippen LogP contribution is -2.47. The normalized spacial score (nSPS) is 12.4. The molecule has 0 bridgehead atoms. The van der Waals surface area contributed by atoms with E-state index < -0.39 is 12.0 Å². The van der Waals surface area contributed by atoms with E-state index in [1.807, 2.05) is 13.8 Å². The Morgan fingerprint density at radius 1 is 1.00 bits per heavy atom. The number of hydrogen-bond acceptors (Lipinski definition) is 2. The molecule has 0 rings (SSSR count). The van der Waals surface area contributed by atoms with Crippen LogP contribution in [0.4, 0.5) is 0 Å². The number of aliphatic carboxylic acids is 1. The average Bonchev–Trinajstić information content (AvgIpc) is 2.34. The van der Waals surface area contributed by atoms with Crippen LogP contribution in [0, 0.1) is 0 Å². The van der Waals surface area contributed by atoms with Gasteiger partial charge in [0.25, 0.3) is 0 Å². The second-order valence-corrected chi connectivity index (χ2v) is 5.78. The van der Waals surface area contributed by atoms with Crippen molar-refractivity contribution in [1.29, 1.82) is 0 Å². The Morgan fingerprint density at radius 3 is 1.90 bits per heavy atom. The van der Waals surface area contributed by atoms with Gasteiger partial charge in [0.2, 0.25) is 5.91 Å². The van der Waals surface area contributed by atoms with Gasteiger partial charge in [-0.15, -0.1) is 0 Å². The minimum atomic E-state index is -0.889.